The molecule has 1 aliphatic heterocycles. The quantitative estimate of drug-likeness (QED) is 0.352. The smallest absolute Gasteiger partial charge is 0.410 e. The number of benzene rings is 2. The van der Waals surface area contributed by atoms with Crippen LogP contribution in [0.25, 0.3) is 22.4 Å². The minimum atomic E-state index is -1.52. The van der Waals surface area contributed by atoms with E-state index in [-0.39, 0.29) is 6.09 Å². The molecule has 4 aromatic rings. The maximum Gasteiger partial charge on any atom is 0.410 e. The normalized spacial score (nSPS) is 15.7. The number of oxazole rings is 1. The van der Waals surface area contributed by atoms with Gasteiger partial charge in [0.15, 0.2) is 11.0 Å². The van der Waals surface area contributed by atoms with E-state index in [1.165, 1.54) is 4.09 Å². The largest absolute Gasteiger partial charge is 0.444 e. The molecule has 1 aliphatic rings. The van der Waals surface area contributed by atoms with Gasteiger partial charge in [-0.25, -0.2) is 14.0 Å². The summed E-state index contributed by atoms with van der Waals surface area (Å²) in [5.41, 5.74) is 0.797. The zero-order valence-electron chi connectivity index (χ0n) is 20.9. The van der Waals surface area contributed by atoms with Gasteiger partial charge in [-0.1, -0.05) is 29.8 Å². The van der Waals surface area contributed by atoms with Crippen LogP contribution in [0.4, 0.5) is 4.79 Å². The molecule has 2 aromatic carbocycles. The highest BCUT2D eigenvalue weighted by Gasteiger charge is 2.26. The summed E-state index contributed by atoms with van der Waals surface area (Å²) in [7, 11) is -1.52. The number of aromatic nitrogens is 3. The lowest BCUT2D eigenvalue weighted by molar-refractivity contribution is 0.0134. The number of hydrogen-bond donors (Lipinski definition) is 0. The van der Waals surface area contributed by atoms with Crippen molar-refractivity contribution >= 4 is 39.6 Å². The van der Waals surface area contributed by atoms with Crippen molar-refractivity contribution in [3.05, 3.63) is 65.6 Å². The maximum atomic E-state index is 13.1. The molecule has 1 amide bonds. The molecule has 0 spiro atoms. The minimum absolute atomic E-state index is 0.284. The average molecular weight is 542 g/mol. The highest BCUT2D eigenvalue weighted by atomic mass is 35.5. The Morgan fingerprint density at radius 1 is 1.11 bits per heavy atom. The van der Waals surface area contributed by atoms with Crippen molar-refractivity contribution in [1.82, 2.24) is 24.0 Å². The Balaban J connectivity index is 1.31. The molecular weight excluding hydrogens is 514 g/mol. The molecular formula is C26H28ClN5O4S. The Labute approximate surface area is 222 Å². The van der Waals surface area contributed by atoms with Crippen LogP contribution in [0, 0.1) is 0 Å². The molecule has 0 bridgehead atoms. The first-order chi connectivity index (χ1) is 17.7. The summed E-state index contributed by atoms with van der Waals surface area (Å²) in [4.78, 5) is 21.4. The van der Waals surface area contributed by atoms with E-state index in [0.717, 1.165) is 5.39 Å². The predicted molar refractivity (Wildman–Crippen MR) is 142 cm³/mol. The van der Waals surface area contributed by atoms with E-state index in [2.05, 4.69) is 15.0 Å². The van der Waals surface area contributed by atoms with Crippen LogP contribution in [0.1, 0.15) is 26.5 Å². The molecule has 2 aromatic heterocycles. The standard InChI is InChI=1S/C26H28ClN5O4S/c1-26(2,3)36-25(33)31-11-9-30(10-12-31)17-19-15-28-24(35-19)21-13-18(27)14-23-22(21)16-29-32(23)37(34)20-7-5-4-6-8-20/h4-8,13-16H,9-12,17H2,1-3H3. The van der Waals surface area contributed by atoms with Crippen LogP contribution >= 0.6 is 11.6 Å². The number of fused-ring (bicyclic) bond motifs is 1. The molecule has 1 fully saturated rings. The number of halogens is 1. The molecule has 9 nitrogen and oxygen atoms in total. The maximum absolute atomic E-state index is 13.1. The van der Waals surface area contributed by atoms with Gasteiger partial charge in [0, 0.05) is 42.2 Å². The van der Waals surface area contributed by atoms with Gasteiger partial charge >= 0.3 is 6.09 Å². The van der Waals surface area contributed by atoms with Crippen LogP contribution in [0.5, 0.6) is 0 Å². The second-order valence-corrected chi connectivity index (χ2v) is 11.6. The topological polar surface area (TPSA) is 93.7 Å². The Kier molecular flexibility index (Phi) is 7.06. The number of nitrogens with zero attached hydrogens (tertiary/aromatic N) is 5. The fourth-order valence-corrected chi connectivity index (χ4v) is 5.42. The van der Waals surface area contributed by atoms with Crippen LogP contribution in [0.2, 0.25) is 5.02 Å². The molecule has 11 heteroatoms. The Bertz CT molecular complexity index is 1440. The van der Waals surface area contributed by atoms with Gasteiger partial charge in [0.05, 0.1) is 29.4 Å². The summed E-state index contributed by atoms with van der Waals surface area (Å²) in [6, 6.07) is 12.6. The number of amides is 1. The van der Waals surface area contributed by atoms with Crippen LogP contribution < -0.4 is 0 Å². The van der Waals surface area contributed by atoms with Gasteiger partial charge in [-0.3, -0.25) is 4.90 Å². The average Bonchev–Trinajstić information content (AvgIpc) is 3.50. The number of piperazine rings is 1. The van der Waals surface area contributed by atoms with Crippen LogP contribution in [0.3, 0.4) is 0 Å². The lowest BCUT2D eigenvalue weighted by atomic mass is 10.1. The third-order valence-electron chi connectivity index (χ3n) is 5.91. The van der Waals surface area contributed by atoms with E-state index in [1.807, 2.05) is 39.0 Å². The van der Waals surface area contributed by atoms with Crippen molar-refractivity contribution in [3.8, 4) is 11.5 Å². The van der Waals surface area contributed by atoms with Gasteiger partial charge < -0.3 is 14.1 Å². The van der Waals surface area contributed by atoms with E-state index in [9.17, 15) is 9.00 Å². The summed E-state index contributed by atoms with van der Waals surface area (Å²) >= 11 is 6.43. The summed E-state index contributed by atoms with van der Waals surface area (Å²) in [5, 5.41) is 5.59. The van der Waals surface area contributed by atoms with Gasteiger partial charge in [0.2, 0.25) is 5.89 Å². The van der Waals surface area contributed by atoms with Crippen LogP contribution in [-0.2, 0) is 22.3 Å². The minimum Gasteiger partial charge on any atom is -0.444 e. The first-order valence-corrected chi connectivity index (χ1v) is 13.5. The van der Waals surface area contributed by atoms with E-state index in [4.69, 9.17) is 20.8 Å². The number of rotatable bonds is 5. The highest BCUT2D eigenvalue weighted by Crippen LogP contribution is 2.33. The summed E-state index contributed by atoms with van der Waals surface area (Å²) in [5.74, 6) is 1.12. The highest BCUT2D eigenvalue weighted by molar-refractivity contribution is 7.83. The zero-order valence-corrected chi connectivity index (χ0v) is 22.5. The van der Waals surface area contributed by atoms with Gasteiger partial charge in [0.1, 0.15) is 11.4 Å². The lowest BCUT2D eigenvalue weighted by Gasteiger charge is -2.35. The van der Waals surface area contributed by atoms with Crippen molar-refractivity contribution < 1.29 is 18.2 Å². The number of carbonyl (C=O) groups excluding carboxylic acids is 1. The zero-order chi connectivity index (χ0) is 26.2. The molecule has 0 saturated carbocycles. The molecule has 0 aliphatic carbocycles. The lowest BCUT2D eigenvalue weighted by Crippen LogP contribution is -2.49. The van der Waals surface area contributed by atoms with Gasteiger partial charge in [0.25, 0.3) is 0 Å². The number of carbonyl (C=O) groups is 1. The SMILES string of the molecule is CC(C)(C)OC(=O)N1CCN(Cc2cnc(-c3cc(Cl)cc4c3cnn4S(=O)c3ccccc3)o2)CC1. The monoisotopic (exact) mass is 541 g/mol. The molecule has 5 rings (SSSR count). The second kappa shape index (κ2) is 10.3. The van der Waals surface area contributed by atoms with Crippen molar-refractivity contribution in [3.63, 3.8) is 0 Å². The molecule has 0 radical (unpaired) electrons. The molecule has 37 heavy (non-hydrogen) atoms. The molecule has 1 unspecified atom stereocenters. The molecule has 3 heterocycles. The predicted octanol–water partition coefficient (Wildman–Crippen LogP) is 4.97. The summed E-state index contributed by atoms with van der Waals surface area (Å²) in [6.45, 7) is 8.74. The molecule has 1 saturated heterocycles. The summed E-state index contributed by atoms with van der Waals surface area (Å²) < 4.78 is 26.2. The Morgan fingerprint density at radius 3 is 2.54 bits per heavy atom. The Hall–Kier alpha value is -3.21. The van der Waals surface area contributed by atoms with Crippen molar-refractivity contribution in [2.75, 3.05) is 26.2 Å². The van der Waals surface area contributed by atoms with E-state index >= 15 is 0 Å². The molecule has 0 N–H and O–H groups in total. The van der Waals surface area contributed by atoms with Crippen molar-refractivity contribution in [2.45, 2.75) is 37.8 Å². The van der Waals surface area contributed by atoms with E-state index in [0.29, 0.717) is 65.4 Å². The van der Waals surface area contributed by atoms with Crippen molar-refractivity contribution in [1.29, 1.82) is 0 Å². The Morgan fingerprint density at radius 2 is 1.84 bits per heavy atom. The first kappa shape index (κ1) is 25.4. The summed E-state index contributed by atoms with van der Waals surface area (Å²) in [6.07, 6.45) is 3.07. The third-order valence-corrected chi connectivity index (χ3v) is 7.41. The van der Waals surface area contributed by atoms with Crippen LogP contribution in [-0.4, -0.2) is 66.1 Å². The fourth-order valence-electron chi connectivity index (χ4n) is 4.16. The number of ether oxygens (including phenoxy) is 1. The second-order valence-electron chi connectivity index (χ2n) is 9.84. The van der Waals surface area contributed by atoms with Gasteiger partial charge in [-0.2, -0.15) is 9.19 Å². The number of hydrogen-bond acceptors (Lipinski definition) is 7. The van der Waals surface area contributed by atoms with E-state index < -0.39 is 16.6 Å². The van der Waals surface area contributed by atoms with Gasteiger partial charge in [-0.15, -0.1) is 0 Å². The third kappa shape index (κ3) is 5.71. The molecule has 1 atom stereocenters. The van der Waals surface area contributed by atoms with Crippen LogP contribution in [0.15, 0.2) is 64.2 Å². The fraction of sp³-hybridized carbons (Fsp3) is 0.346. The van der Waals surface area contributed by atoms with E-state index in [1.54, 1.807) is 41.6 Å². The van der Waals surface area contributed by atoms with Crippen molar-refractivity contribution in [2.24, 2.45) is 0 Å². The molecule has 194 valence electrons. The first-order valence-electron chi connectivity index (χ1n) is 12.0. The van der Waals surface area contributed by atoms with Gasteiger partial charge in [-0.05, 0) is 45.0 Å².